The lowest BCUT2D eigenvalue weighted by Gasteiger charge is -2.30. The molecule has 92 valence electrons. The maximum Gasteiger partial charge on any atom is 0.120 e. The van der Waals surface area contributed by atoms with Gasteiger partial charge in [0.25, 0.3) is 0 Å². The van der Waals surface area contributed by atoms with Gasteiger partial charge in [0.2, 0.25) is 0 Å². The van der Waals surface area contributed by atoms with E-state index >= 15 is 0 Å². The van der Waals surface area contributed by atoms with Gasteiger partial charge in [-0.25, -0.2) is 0 Å². The Kier molecular flexibility index (Phi) is 5.11. The van der Waals surface area contributed by atoms with Crippen LogP contribution in [0.5, 0.6) is 0 Å². The largest absolute Gasteiger partial charge is 0.369 e. The van der Waals surface area contributed by atoms with Crippen molar-refractivity contribution in [3.05, 3.63) is 48.6 Å². The Balaban J connectivity index is 2.59. The molecule has 0 fully saturated rings. The summed E-state index contributed by atoms with van der Waals surface area (Å²) in [6.45, 7) is 8.35. The highest BCUT2D eigenvalue weighted by molar-refractivity contribution is 5.50. The smallest absolute Gasteiger partial charge is 0.120 e. The average Bonchev–Trinajstić information content (AvgIpc) is 2.30. The summed E-state index contributed by atoms with van der Waals surface area (Å²) in [6, 6.07) is 9.99. The molecule has 1 atom stereocenters. The summed E-state index contributed by atoms with van der Waals surface area (Å²) in [7, 11) is 0. The van der Waals surface area contributed by atoms with Crippen molar-refractivity contribution in [1.29, 1.82) is 0 Å². The second kappa shape index (κ2) is 6.36. The van der Waals surface area contributed by atoms with Crippen molar-refractivity contribution in [2.75, 3.05) is 0 Å². The molecule has 0 aliphatic carbocycles. The lowest BCUT2D eigenvalue weighted by molar-refractivity contribution is -0.111. The second-order valence-electron chi connectivity index (χ2n) is 4.81. The normalized spacial score (nSPS) is 13.1. The molecule has 17 heavy (non-hydrogen) atoms. The van der Waals surface area contributed by atoms with Crippen LogP contribution in [0.2, 0.25) is 0 Å². The van der Waals surface area contributed by atoms with Crippen molar-refractivity contribution in [2.45, 2.75) is 33.0 Å². The van der Waals surface area contributed by atoms with Gasteiger partial charge in [0.15, 0.2) is 0 Å². The van der Waals surface area contributed by atoms with Gasteiger partial charge in [0, 0.05) is 11.8 Å². The molecular weight excluding hydrogens is 212 g/mol. The third kappa shape index (κ3) is 4.16. The molecule has 0 unspecified atom stereocenters. The molecule has 0 N–H and O–H groups in total. The molecule has 0 bridgehead atoms. The van der Waals surface area contributed by atoms with Crippen molar-refractivity contribution in [3.8, 4) is 0 Å². The number of carbonyl (C=O) groups is 1. The Bertz CT molecular complexity index is 354. The van der Waals surface area contributed by atoms with Crippen LogP contribution in [0.25, 0.3) is 0 Å². The molecule has 0 saturated carbocycles. The van der Waals surface area contributed by atoms with Crippen LogP contribution in [0.3, 0.4) is 0 Å². The zero-order valence-corrected chi connectivity index (χ0v) is 10.6. The van der Waals surface area contributed by atoms with Gasteiger partial charge in [0.05, 0.1) is 12.7 Å². The van der Waals surface area contributed by atoms with E-state index in [-0.39, 0.29) is 11.5 Å². The first kappa shape index (κ1) is 13.7. The number of benzene rings is 1. The van der Waals surface area contributed by atoms with E-state index in [1.54, 1.807) is 6.08 Å². The van der Waals surface area contributed by atoms with Crippen LogP contribution in [0, 0.1) is 5.41 Å². The fourth-order valence-corrected chi connectivity index (χ4v) is 1.70. The highest BCUT2D eigenvalue weighted by Gasteiger charge is 2.27. The number of aldehydes is 1. The molecule has 0 amide bonds. The van der Waals surface area contributed by atoms with Crippen LogP contribution in [0.15, 0.2) is 43.0 Å². The molecule has 0 spiro atoms. The molecule has 0 aliphatic heterocycles. The lowest BCUT2D eigenvalue weighted by atomic mass is 9.83. The van der Waals surface area contributed by atoms with E-state index in [4.69, 9.17) is 4.74 Å². The maximum atomic E-state index is 10.6. The van der Waals surface area contributed by atoms with E-state index in [1.807, 2.05) is 44.2 Å². The van der Waals surface area contributed by atoms with E-state index in [2.05, 4.69) is 6.58 Å². The first-order chi connectivity index (χ1) is 8.10. The van der Waals surface area contributed by atoms with E-state index in [1.165, 1.54) is 0 Å². The number of carbonyl (C=O) groups excluding carboxylic acids is 1. The van der Waals surface area contributed by atoms with Crippen molar-refractivity contribution in [1.82, 2.24) is 0 Å². The zero-order chi connectivity index (χ0) is 12.7. The minimum absolute atomic E-state index is 0.118. The fourth-order valence-electron chi connectivity index (χ4n) is 1.70. The highest BCUT2D eigenvalue weighted by atomic mass is 16.5. The first-order valence-electron chi connectivity index (χ1n) is 5.82. The summed E-state index contributed by atoms with van der Waals surface area (Å²) in [5, 5.41) is 0. The summed E-state index contributed by atoms with van der Waals surface area (Å²) in [5.41, 5.74) is 0.916. The molecule has 0 heterocycles. The van der Waals surface area contributed by atoms with Crippen molar-refractivity contribution in [2.24, 2.45) is 5.41 Å². The predicted molar refractivity (Wildman–Crippen MR) is 69.7 cm³/mol. The molecule has 1 aromatic carbocycles. The third-order valence-electron chi connectivity index (χ3n) is 2.87. The van der Waals surface area contributed by atoms with Crippen LogP contribution in [0.1, 0.15) is 25.8 Å². The van der Waals surface area contributed by atoms with Crippen LogP contribution >= 0.6 is 0 Å². The number of ether oxygens (including phenoxy) is 1. The van der Waals surface area contributed by atoms with Gasteiger partial charge in [-0.1, -0.05) is 50.3 Å². The molecule has 2 heteroatoms. The molecule has 0 saturated heterocycles. The van der Waals surface area contributed by atoms with Crippen molar-refractivity contribution >= 4 is 6.29 Å². The van der Waals surface area contributed by atoms with Gasteiger partial charge < -0.3 is 9.53 Å². The molecular formula is C15H20O2. The van der Waals surface area contributed by atoms with Gasteiger partial charge in [-0.15, -0.1) is 6.58 Å². The standard InChI is InChI=1S/C15H20O2/c1-4-14(15(2,3)10-11-16)17-12-13-8-6-5-7-9-13/h4-9,11,14H,1,10,12H2,2-3H3/t14-/m0/s1. The molecule has 0 aromatic heterocycles. The highest BCUT2D eigenvalue weighted by Crippen LogP contribution is 2.28. The first-order valence-corrected chi connectivity index (χ1v) is 5.82. The summed E-state index contributed by atoms with van der Waals surface area (Å²) >= 11 is 0. The SMILES string of the molecule is C=C[C@H](OCc1ccccc1)C(C)(C)CC=O. The zero-order valence-electron chi connectivity index (χ0n) is 10.6. The van der Waals surface area contributed by atoms with Gasteiger partial charge in [-0.05, 0) is 5.56 Å². The summed E-state index contributed by atoms with van der Waals surface area (Å²) in [5.74, 6) is 0. The predicted octanol–water partition coefficient (Wildman–Crippen LogP) is 3.37. The summed E-state index contributed by atoms with van der Waals surface area (Å²) in [4.78, 5) is 10.6. The number of hydrogen-bond donors (Lipinski definition) is 0. The van der Waals surface area contributed by atoms with Crippen LogP contribution in [-0.2, 0) is 16.1 Å². The fraction of sp³-hybridized carbons (Fsp3) is 0.400. The molecule has 0 radical (unpaired) electrons. The molecule has 1 aromatic rings. The maximum absolute atomic E-state index is 10.6. The average molecular weight is 232 g/mol. The van der Waals surface area contributed by atoms with Crippen molar-refractivity contribution < 1.29 is 9.53 Å². The topological polar surface area (TPSA) is 26.3 Å². The van der Waals surface area contributed by atoms with Gasteiger partial charge >= 0.3 is 0 Å². The Morgan fingerprint density at radius 1 is 1.35 bits per heavy atom. The molecule has 1 rings (SSSR count). The van der Waals surface area contributed by atoms with Crippen molar-refractivity contribution in [3.63, 3.8) is 0 Å². The Hall–Kier alpha value is -1.41. The number of hydrogen-bond acceptors (Lipinski definition) is 2. The Morgan fingerprint density at radius 3 is 2.53 bits per heavy atom. The Morgan fingerprint density at radius 2 is 2.00 bits per heavy atom. The summed E-state index contributed by atoms with van der Waals surface area (Å²) < 4.78 is 5.82. The van der Waals surface area contributed by atoms with Gasteiger partial charge in [0.1, 0.15) is 6.29 Å². The molecule has 2 nitrogen and oxygen atoms in total. The van der Waals surface area contributed by atoms with Gasteiger partial charge in [-0.3, -0.25) is 0 Å². The quantitative estimate of drug-likeness (QED) is 0.532. The Labute approximate surface area is 103 Å². The second-order valence-corrected chi connectivity index (χ2v) is 4.81. The van der Waals surface area contributed by atoms with E-state index in [9.17, 15) is 4.79 Å². The van der Waals surface area contributed by atoms with Crippen LogP contribution < -0.4 is 0 Å². The van der Waals surface area contributed by atoms with Crippen LogP contribution in [-0.4, -0.2) is 12.4 Å². The third-order valence-corrected chi connectivity index (χ3v) is 2.87. The molecule has 0 aliphatic rings. The monoisotopic (exact) mass is 232 g/mol. The van der Waals surface area contributed by atoms with Crippen LogP contribution in [0.4, 0.5) is 0 Å². The van der Waals surface area contributed by atoms with E-state index < -0.39 is 0 Å². The summed E-state index contributed by atoms with van der Waals surface area (Å²) in [6.07, 6.45) is 3.06. The van der Waals surface area contributed by atoms with E-state index in [0.717, 1.165) is 11.8 Å². The van der Waals surface area contributed by atoms with E-state index in [0.29, 0.717) is 13.0 Å². The lowest BCUT2D eigenvalue weighted by Crippen LogP contribution is -2.30. The number of rotatable bonds is 7. The minimum atomic E-state index is -0.210. The van der Waals surface area contributed by atoms with Gasteiger partial charge in [-0.2, -0.15) is 0 Å². The minimum Gasteiger partial charge on any atom is -0.369 e.